The number of benzene rings is 1. The van der Waals surface area contributed by atoms with Gasteiger partial charge >= 0.3 is 0 Å². The van der Waals surface area contributed by atoms with Gasteiger partial charge in [-0.3, -0.25) is 9.20 Å². The third-order valence-electron chi connectivity index (χ3n) is 4.13. The number of hydrogen-bond donors (Lipinski definition) is 1. The molecule has 2 aromatic heterocycles. The molecule has 3 aromatic rings. The minimum atomic E-state index is -0.162. The Kier molecular flexibility index (Phi) is 6.93. The average Bonchev–Trinajstić information content (AvgIpc) is 3.24. The highest BCUT2D eigenvalue weighted by Crippen LogP contribution is 2.13. The van der Waals surface area contributed by atoms with E-state index in [-0.39, 0.29) is 12.3 Å². The lowest BCUT2D eigenvalue weighted by Gasteiger charge is -2.03. The largest absolute Gasteiger partial charge is 0.297 e. The second kappa shape index (κ2) is 9.83. The van der Waals surface area contributed by atoms with E-state index in [0.717, 1.165) is 34.6 Å². The van der Waals surface area contributed by atoms with Crippen molar-refractivity contribution in [2.24, 2.45) is 5.10 Å². The fraction of sp³-hybridized carbons (Fsp3) is 0.286. The molecule has 0 aliphatic carbocycles. The smallest absolute Gasteiger partial charge is 0.246 e. The molecule has 5 nitrogen and oxygen atoms in total. The Morgan fingerprint density at radius 2 is 2.15 bits per heavy atom. The molecule has 0 aliphatic heterocycles. The first-order valence-electron chi connectivity index (χ1n) is 9.23. The first kappa shape index (κ1) is 19.0. The quantitative estimate of drug-likeness (QED) is 0.332. The highest BCUT2D eigenvalue weighted by Gasteiger charge is 2.07. The van der Waals surface area contributed by atoms with Gasteiger partial charge in [0.15, 0.2) is 4.96 Å². The standard InChI is InChI=1S/C21H24N4OS/c1-2-3-5-10-18(13-17-8-6-4-7-9-17)15-22-24-20(26)14-19-16-25-11-12-27-21(25)23-19/h4,6-9,11-13,15-16H,2-3,5,10,14H2,1H3,(H,24,26)/b18-13+,22-15-. The lowest BCUT2D eigenvalue weighted by Crippen LogP contribution is -2.20. The minimum Gasteiger partial charge on any atom is -0.297 e. The van der Waals surface area contributed by atoms with Crippen molar-refractivity contribution in [3.05, 3.63) is 64.9 Å². The molecule has 0 unspecified atom stereocenters. The van der Waals surface area contributed by atoms with E-state index < -0.39 is 0 Å². The third-order valence-corrected chi connectivity index (χ3v) is 4.90. The molecular formula is C21H24N4OS. The van der Waals surface area contributed by atoms with Crippen LogP contribution >= 0.6 is 11.3 Å². The molecule has 6 heteroatoms. The fourth-order valence-electron chi connectivity index (χ4n) is 2.77. The van der Waals surface area contributed by atoms with Gasteiger partial charge in [0.05, 0.1) is 18.3 Å². The van der Waals surface area contributed by atoms with E-state index in [2.05, 4.69) is 40.6 Å². The molecule has 0 aliphatic rings. The number of fused-ring (bicyclic) bond motifs is 1. The van der Waals surface area contributed by atoms with Crippen LogP contribution in [0.25, 0.3) is 11.0 Å². The molecule has 3 rings (SSSR count). The monoisotopic (exact) mass is 380 g/mol. The van der Waals surface area contributed by atoms with Crippen molar-refractivity contribution in [3.8, 4) is 0 Å². The van der Waals surface area contributed by atoms with Crippen molar-refractivity contribution in [1.82, 2.24) is 14.8 Å². The zero-order valence-corrected chi connectivity index (χ0v) is 16.3. The van der Waals surface area contributed by atoms with Crippen molar-refractivity contribution < 1.29 is 4.79 Å². The number of thiazole rings is 1. The molecule has 2 heterocycles. The number of imidazole rings is 1. The lowest BCUT2D eigenvalue weighted by atomic mass is 10.1. The van der Waals surface area contributed by atoms with E-state index >= 15 is 0 Å². The molecule has 27 heavy (non-hydrogen) atoms. The Hall–Kier alpha value is -2.73. The number of carbonyl (C=O) groups excluding carboxylic acids is 1. The Balaban J connectivity index is 1.58. The molecule has 1 N–H and O–H groups in total. The molecule has 1 aromatic carbocycles. The predicted molar refractivity (Wildman–Crippen MR) is 112 cm³/mol. The van der Waals surface area contributed by atoms with Crippen LogP contribution in [0, 0.1) is 0 Å². The van der Waals surface area contributed by atoms with Gasteiger partial charge in [-0.05, 0) is 24.0 Å². The van der Waals surface area contributed by atoms with Crippen LogP contribution < -0.4 is 5.43 Å². The number of hydrazone groups is 1. The minimum absolute atomic E-state index is 0.162. The van der Waals surface area contributed by atoms with Gasteiger partial charge in [-0.1, -0.05) is 56.2 Å². The first-order valence-corrected chi connectivity index (χ1v) is 10.1. The van der Waals surface area contributed by atoms with Crippen molar-refractivity contribution >= 4 is 34.5 Å². The van der Waals surface area contributed by atoms with Crippen LogP contribution in [-0.2, 0) is 11.2 Å². The first-order chi connectivity index (χ1) is 13.2. The second-order valence-corrected chi connectivity index (χ2v) is 7.26. The lowest BCUT2D eigenvalue weighted by molar-refractivity contribution is -0.120. The van der Waals surface area contributed by atoms with Crippen LogP contribution in [0.3, 0.4) is 0 Å². The van der Waals surface area contributed by atoms with Crippen LogP contribution in [0.5, 0.6) is 0 Å². The summed E-state index contributed by atoms with van der Waals surface area (Å²) in [4.78, 5) is 17.4. The maximum absolute atomic E-state index is 12.1. The maximum atomic E-state index is 12.1. The van der Waals surface area contributed by atoms with Crippen LogP contribution in [-0.4, -0.2) is 21.5 Å². The summed E-state index contributed by atoms with van der Waals surface area (Å²) in [7, 11) is 0. The van der Waals surface area contributed by atoms with E-state index in [0.29, 0.717) is 0 Å². The van der Waals surface area contributed by atoms with Crippen molar-refractivity contribution in [3.63, 3.8) is 0 Å². The number of amides is 1. The molecule has 1 amide bonds. The van der Waals surface area contributed by atoms with E-state index in [1.165, 1.54) is 12.8 Å². The molecule has 140 valence electrons. The molecule has 0 fully saturated rings. The number of hydrogen-bond acceptors (Lipinski definition) is 4. The molecule has 0 radical (unpaired) electrons. The van der Waals surface area contributed by atoms with Crippen LogP contribution in [0.1, 0.15) is 43.9 Å². The Morgan fingerprint density at radius 1 is 1.30 bits per heavy atom. The summed E-state index contributed by atoms with van der Waals surface area (Å²) >= 11 is 1.55. The van der Waals surface area contributed by atoms with Gasteiger partial charge in [-0.2, -0.15) is 5.10 Å². The second-order valence-electron chi connectivity index (χ2n) is 6.38. The summed E-state index contributed by atoms with van der Waals surface area (Å²) < 4.78 is 1.92. The molecule has 0 saturated heterocycles. The highest BCUT2D eigenvalue weighted by atomic mass is 32.1. The van der Waals surface area contributed by atoms with Gasteiger partial charge in [-0.25, -0.2) is 10.4 Å². The summed E-state index contributed by atoms with van der Waals surface area (Å²) in [6, 6.07) is 10.2. The van der Waals surface area contributed by atoms with E-state index in [4.69, 9.17) is 0 Å². The van der Waals surface area contributed by atoms with Gasteiger partial charge < -0.3 is 0 Å². The zero-order valence-electron chi connectivity index (χ0n) is 15.5. The summed E-state index contributed by atoms with van der Waals surface area (Å²) in [5.41, 5.74) is 5.61. The number of nitrogens with one attached hydrogen (secondary N) is 1. The van der Waals surface area contributed by atoms with Crippen molar-refractivity contribution in [1.29, 1.82) is 0 Å². The molecule has 0 saturated carbocycles. The van der Waals surface area contributed by atoms with Crippen molar-refractivity contribution in [2.45, 2.75) is 39.0 Å². The molecule has 0 atom stereocenters. The highest BCUT2D eigenvalue weighted by molar-refractivity contribution is 7.15. The number of nitrogens with zero attached hydrogens (tertiary/aromatic N) is 3. The summed E-state index contributed by atoms with van der Waals surface area (Å²) in [5.74, 6) is -0.162. The maximum Gasteiger partial charge on any atom is 0.246 e. The Morgan fingerprint density at radius 3 is 2.93 bits per heavy atom. The summed E-state index contributed by atoms with van der Waals surface area (Å²) in [6.45, 7) is 2.19. The van der Waals surface area contributed by atoms with E-state index in [1.54, 1.807) is 17.6 Å². The fourth-order valence-corrected chi connectivity index (χ4v) is 3.49. The number of aromatic nitrogens is 2. The molecule has 0 bridgehead atoms. The van der Waals surface area contributed by atoms with Gasteiger partial charge in [-0.15, -0.1) is 11.3 Å². The van der Waals surface area contributed by atoms with Gasteiger partial charge in [0.25, 0.3) is 0 Å². The molecular weight excluding hydrogens is 356 g/mol. The average molecular weight is 381 g/mol. The van der Waals surface area contributed by atoms with E-state index in [9.17, 15) is 4.79 Å². The Bertz CT molecular complexity index is 895. The number of carbonyl (C=O) groups is 1. The number of rotatable bonds is 9. The van der Waals surface area contributed by atoms with Crippen molar-refractivity contribution in [2.75, 3.05) is 0 Å². The van der Waals surface area contributed by atoms with Gasteiger partial charge in [0.1, 0.15) is 0 Å². The predicted octanol–water partition coefficient (Wildman–Crippen LogP) is 4.70. The van der Waals surface area contributed by atoms with Crippen LogP contribution in [0.2, 0.25) is 0 Å². The number of allylic oxidation sites excluding steroid dienone is 1. The van der Waals surface area contributed by atoms with E-state index in [1.807, 2.05) is 40.4 Å². The zero-order chi connectivity index (χ0) is 18.9. The summed E-state index contributed by atoms with van der Waals surface area (Å²) in [6.07, 6.45) is 12.3. The topological polar surface area (TPSA) is 58.8 Å². The third kappa shape index (κ3) is 5.89. The van der Waals surface area contributed by atoms with Gasteiger partial charge in [0, 0.05) is 17.8 Å². The van der Waals surface area contributed by atoms with Gasteiger partial charge in [0.2, 0.25) is 5.91 Å². The summed E-state index contributed by atoms with van der Waals surface area (Å²) in [5, 5.41) is 6.13. The number of unbranched alkanes of at least 4 members (excludes halogenated alkanes) is 2. The Labute approximate surface area is 163 Å². The van der Waals surface area contributed by atoms with Crippen LogP contribution in [0.4, 0.5) is 0 Å². The SMILES string of the molecule is CCCCCC(/C=N\NC(=O)Cc1cn2ccsc2n1)=C\c1ccccc1. The normalized spacial score (nSPS) is 12.1. The molecule has 0 spiro atoms. The van der Waals surface area contributed by atoms with Crippen LogP contribution in [0.15, 0.2) is 58.8 Å².